The zero-order valence-electron chi connectivity index (χ0n) is 16.2. The zero-order chi connectivity index (χ0) is 19.7. The highest BCUT2D eigenvalue weighted by Gasteiger charge is 2.19. The predicted molar refractivity (Wildman–Crippen MR) is 108 cm³/mol. The number of aryl methyl sites for hydroxylation is 2. The Kier molecular flexibility index (Phi) is 4.86. The van der Waals surface area contributed by atoms with Gasteiger partial charge in [0, 0.05) is 37.4 Å². The second-order valence-electron chi connectivity index (χ2n) is 7.29. The number of pyridine rings is 1. The molecule has 144 valence electrons. The fraction of sp³-hybridized carbons (Fsp3) is 0.318. The lowest BCUT2D eigenvalue weighted by atomic mass is 9.94. The lowest BCUT2D eigenvalue weighted by molar-refractivity contribution is 0.0948. The molecule has 0 aliphatic heterocycles. The Morgan fingerprint density at radius 3 is 2.64 bits per heavy atom. The maximum absolute atomic E-state index is 12.6. The maximum Gasteiger partial charge on any atom is 0.263 e. The van der Waals surface area contributed by atoms with Crippen LogP contribution in [0.15, 0.2) is 47.5 Å². The molecule has 0 unspecified atom stereocenters. The lowest BCUT2D eigenvalue weighted by Crippen LogP contribution is -2.34. The van der Waals surface area contributed by atoms with Crippen molar-refractivity contribution >= 4 is 5.91 Å². The number of aromatic nitrogens is 3. The smallest absolute Gasteiger partial charge is 0.263 e. The van der Waals surface area contributed by atoms with Crippen LogP contribution in [0.3, 0.4) is 0 Å². The van der Waals surface area contributed by atoms with Crippen molar-refractivity contribution in [1.29, 1.82) is 0 Å². The summed E-state index contributed by atoms with van der Waals surface area (Å²) in [5.41, 5.74) is 4.20. The predicted octanol–water partition coefficient (Wildman–Crippen LogP) is 2.69. The number of benzene rings is 1. The Morgan fingerprint density at radius 2 is 1.93 bits per heavy atom. The van der Waals surface area contributed by atoms with Crippen LogP contribution in [-0.2, 0) is 26.4 Å². The third-order valence-corrected chi connectivity index (χ3v) is 5.48. The molecular formula is C22H24N4O2. The van der Waals surface area contributed by atoms with E-state index in [9.17, 15) is 9.59 Å². The van der Waals surface area contributed by atoms with Crippen LogP contribution >= 0.6 is 0 Å². The maximum atomic E-state index is 12.6. The topological polar surface area (TPSA) is 68.9 Å². The van der Waals surface area contributed by atoms with E-state index in [0.717, 1.165) is 54.0 Å². The van der Waals surface area contributed by atoms with Gasteiger partial charge in [-0.15, -0.1) is 0 Å². The fourth-order valence-electron chi connectivity index (χ4n) is 3.86. The molecule has 28 heavy (non-hydrogen) atoms. The molecule has 0 fully saturated rings. The first-order valence-electron chi connectivity index (χ1n) is 9.64. The van der Waals surface area contributed by atoms with Crippen LogP contribution in [0.4, 0.5) is 0 Å². The Labute approximate surface area is 163 Å². The van der Waals surface area contributed by atoms with Crippen molar-refractivity contribution in [2.24, 2.45) is 7.05 Å². The van der Waals surface area contributed by atoms with Gasteiger partial charge in [0.15, 0.2) is 0 Å². The highest BCUT2D eigenvalue weighted by Crippen LogP contribution is 2.20. The fourth-order valence-corrected chi connectivity index (χ4v) is 3.86. The molecule has 1 N–H and O–H groups in total. The molecule has 0 radical (unpaired) electrons. The molecule has 1 amide bonds. The van der Waals surface area contributed by atoms with Gasteiger partial charge in [0.2, 0.25) is 0 Å². The van der Waals surface area contributed by atoms with Crippen LogP contribution in [0.5, 0.6) is 0 Å². The van der Waals surface area contributed by atoms with Crippen molar-refractivity contribution in [2.75, 3.05) is 0 Å². The summed E-state index contributed by atoms with van der Waals surface area (Å²) in [4.78, 5) is 29.5. The first kappa shape index (κ1) is 18.2. The van der Waals surface area contributed by atoms with Crippen LogP contribution in [0.25, 0.3) is 5.69 Å². The minimum atomic E-state index is -0.316. The molecule has 0 bridgehead atoms. The number of rotatable bonds is 4. The number of fused-ring (bicyclic) bond motifs is 1. The highest BCUT2D eigenvalue weighted by molar-refractivity contribution is 5.94. The van der Waals surface area contributed by atoms with E-state index in [1.807, 2.05) is 42.0 Å². The van der Waals surface area contributed by atoms with Gasteiger partial charge < -0.3 is 14.5 Å². The second kappa shape index (κ2) is 7.46. The standard InChI is InChI=1S/C22H24N4O2/c1-15-23-11-12-26(15)18-9-7-16(8-10-18)14-24-21(27)19-13-17-5-3-4-6-20(17)25(2)22(19)28/h7-13H,3-6,14H2,1-2H3,(H,24,27). The summed E-state index contributed by atoms with van der Waals surface area (Å²) in [6, 6.07) is 9.72. The molecule has 4 rings (SSSR count). The molecule has 2 heterocycles. The minimum Gasteiger partial charge on any atom is -0.348 e. The summed E-state index contributed by atoms with van der Waals surface area (Å²) in [6.07, 6.45) is 7.72. The summed E-state index contributed by atoms with van der Waals surface area (Å²) in [5.74, 6) is 0.604. The van der Waals surface area contributed by atoms with E-state index in [4.69, 9.17) is 0 Å². The summed E-state index contributed by atoms with van der Waals surface area (Å²) in [7, 11) is 1.76. The molecule has 6 heteroatoms. The number of nitrogens with zero attached hydrogens (tertiary/aromatic N) is 3. The average molecular weight is 376 g/mol. The summed E-state index contributed by atoms with van der Waals surface area (Å²) >= 11 is 0. The van der Waals surface area contributed by atoms with Gasteiger partial charge in [-0.3, -0.25) is 9.59 Å². The van der Waals surface area contributed by atoms with E-state index in [1.165, 1.54) is 0 Å². The van der Waals surface area contributed by atoms with Crippen molar-refractivity contribution in [3.63, 3.8) is 0 Å². The number of imidazole rings is 1. The lowest BCUT2D eigenvalue weighted by Gasteiger charge is -2.20. The van der Waals surface area contributed by atoms with Crippen molar-refractivity contribution in [3.05, 3.63) is 81.3 Å². The molecule has 2 aromatic heterocycles. The van der Waals surface area contributed by atoms with Gasteiger partial charge in [0.25, 0.3) is 11.5 Å². The normalized spacial score (nSPS) is 13.2. The SMILES string of the molecule is Cc1nccn1-c1ccc(CNC(=O)c2cc3c(n(C)c2=O)CCCC3)cc1. The Balaban J connectivity index is 1.48. The Morgan fingerprint density at radius 1 is 1.18 bits per heavy atom. The number of carbonyl (C=O) groups is 1. The number of hydrogen-bond acceptors (Lipinski definition) is 3. The highest BCUT2D eigenvalue weighted by atomic mass is 16.2. The van der Waals surface area contributed by atoms with E-state index in [0.29, 0.717) is 6.54 Å². The largest absolute Gasteiger partial charge is 0.348 e. The van der Waals surface area contributed by atoms with Gasteiger partial charge in [-0.2, -0.15) is 0 Å². The van der Waals surface area contributed by atoms with Gasteiger partial charge in [-0.25, -0.2) is 4.98 Å². The molecule has 1 aliphatic carbocycles. The number of amides is 1. The van der Waals surface area contributed by atoms with Gasteiger partial charge in [0.1, 0.15) is 11.4 Å². The van der Waals surface area contributed by atoms with Crippen LogP contribution in [0.1, 0.15) is 45.8 Å². The van der Waals surface area contributed by atoms with E-state index in [1.54, 1.807) is 23.9 Å². The molecule has 0 atom stereocenters. The van der Waals surface area contributed by atoms with Crippen molar-refractivity contribution < 1.29 is 4.79 Å². The molecule has 3 aromatic rings. The zero-order valence-corrected chi connectivity index (χ0v) is 16.2. The van der Waals surface area contributed by atoms with Crippen LogP contribution in [0, 0.1) is 6.92 Å². The molecule has 1 aliphatic rings. The summed E-state index contributed by atoms with van der Waals surface area (Å²) in [5, 5.41) is 2.88. The molecule has 6 nitrogen and oxygen atoms in total. The molecular weight excluding hydrogens is 352 g/mol. The number of nitrogens with one attached hydrogen (secondary N) is 1. The van der Waals surface area contributed by atoms with E-state index < -0.39 is 0 Å². The quantitative estimate of drug-likeness (QED) is 0.761. The molecule has 1 aromatic carbocycles. The molecule has 0 saturated carbocycles. The minimum absolute atomic E-state index is 0.218. The average Bonchev–Trinajstić information content (AvgIpc) is 3.15. The monoisotopic (exact) mass is 376 g/mol. The van der Waals surface area contributed by atoms with Crippen molar-refractivity contribution in [3.8, 4) is 5.69 Å². The second-order valence-corrected chi connectivity index (χ2v) is 7.29. The first-order chi connectivity index (χ1) is 13.5. The van der Waals surface area contributed by atoms with Gasteiger partial charge in [-0.1, -0.05) is 12.1 Å². The van der Waals surface area contributed by atoms with Gasteiger partial charge in [-0.05, 0) is 61.9 Å². The Bertz CT molecular complexity index is 1080. The van der Waals surface area contributed by atoms with E-state index in [-0.39, 0.29) is 17.0 Å². The Hall–Kier alpha value is -3.15. The van der Waals surface area contributed by atoms with Gasteiger partial charge in [0.05, 0.1) is 0 Å². The van der Waals surface area contributed by atoms with Crippen LogP contribution < -0.4 is 10.9 Å². The molecule has 0 spiro atoms. The molecule has 0 saturated heterocycles. The van der Waals surface area contributed by atoms with Crippen molar-refractivity contribution in [2.45, 2.75) is 39.2 Å². The number of hydrogen-bond donors (Lipinski definition) is 1. The van der Waals surface area contributed by atoms with Gasteiger partial charge >= 0.3 is 0 Å². The van der Waals surface area contributed by atoms with E-state index >= 15 is 0 Å². The number of carbonyl (C=O) groups excluding carboxylic acids is 1. The van der Waals surface area contributed by atoms with Crippen LogP contribution in [-0.4, -0.2) is 20.0 Å². The summed E-state index contributed by atoms with van der Waals surface area (Å²) in [6.45, 7) is 2.33. The third-order valence-electron chi connectivity index (χ3n) is 5.48. The third kappa shape index (κ3) is 3.38. The first-order valence-corrected chi connectivity index (χ1v) is 9.64. The van der Waals surface area contributed by atoms with Crippen LogP contribution in [0.2, 0.25) is 0 Å². The summed E-state index contributed by atoms with van der Waals surface area (Å²) < 4.78 is 3.64. The van der Waals surface area contributed by atoms with Crippen molar-refractivity contribution in [1.82, 2.24) is 19.4 Å². The van der Waals surface area contributed by atoms with E-state index in [2.05, 4.69) is 10.3 Å².